The first-order chi connectivity index (χ1) is 13.2. The molecule has 0 saturated heterocycles. The number of carboxylic acids is 2. The van der Waals surface area contributed by atoms with E-state index in [4.69, 9.17) is 14.2 Å². The van der Waals surface area contributed by atoms with Gasteiger partial charge in [-0.15, -0.1) is 0 Å². The molecule has 0 aliphatic rings. The van der Waals surface area contributed by atoms with Crippen LogP contribution in [0, 0.1) is 10.1 Å². The molecule has 2 atom stereocenters. The molecule has 0 heterocycles. The molecule has 0 aromatic heterocycles. The van der Waals surface area contributed by atoms with Gasteiger partial charge >= 0.3 is 19.7 Å². The number of benzene rings is 2. The smallest absolute Gasteiger partial charge is 0.481 e. The lowest BCUT2D eigenvalue weighted by Crippen LogP contribution is -2.38. The van der Waals surface area contributed by atoms with Crippen molar-refractivity contribution < 1.29 is 38.3 Å². The van der Waals surface area contributed by atoms with Crippen molar-refractivity contribution in [1.29, 1.82) is 0 Å². The van der Waals surface area contributed by atoms with Gasteiger partial charge in [0.2, 0.25) is 0 Å². The number of nitro benzene ring substituents is 1. The molecule has 0 fully saturated rings. The molecule has 2 aromatic rings. The van der Waals surface area contributed by atoms with Crippen LogP contribution in [-0.2, 0) is 14.2 Å². The average Bonchev–Trinajstić information content (AvgIpc) is 2.61. The van der Waals surface area contributed by atoms with Crippen LogP contribution in [0.25, 0.3) is 0 Å². The van der Waals surface area contributed by atoms with Crippen LogP contribution in [0.2, 0.25) is 0 Å². The quantitative estimate of drug-likeness (QED) is 0.301. The fourth-order valence-electron chi connectivity index (χ4n) is 2.01. The Kier molecular flexibility index (Phi) is 6.69. The third-order valence-electron chi connectivity index (χ3n) is 3.23. The van der Waals surface area contributed by atoms with Crippen LogP contribution in [0.4, 0.5) is 5.69 Å². The third kappa shape index (κ3) is 6.08. The Bertz CT molecular complexity index is 902. The Morgan fingerprint density at radius 1 is 1.04 bits per heavy atom. The van der Waals surface area contributed by atoms with E-state index in [9.17, 15) is 29.4 Å². The first-order valence-electron chi connectivity index (χ1n) is 7.69. The number of rotatable bonds is 10. The lowest BCUT2D eigenvalue weighted by molar-refractivity contribution is -0.384. The Labute approximate surface area is 158 Å². The minimum Gasteiger partial charge on any atom is -0.481 e. The maximum absolute atomic E-state index is 13.1. The maximum atomic E-state index is 13.1. The van der Waals surface area contributed by atoms with Gasteiger partial charge in [0.05, 0.1) is 11.3 Å². The highest BCUT2D eigenvalue weighted by Gasteiger charge is 2.36. The van der Waals surface area contributed by atoms with Crippen molar-refractivity contribution in [2.24, 2.45) is 0 Å². The van der Waals surface area contributed by atoms with Crippen LogP contribution < -0.4 is 14.1 Å². The minimum absolute atomic E-state index is 0.0692. The largest absolute Gasteiger partial charge is 0.513 e. The molecule has 0 spiro atoms. The monoisotopic (exact) mass is 410 g/mol. The van der Waals surface area contributed by atoms with Gasteiger partial charge < -0.3 is 19.3 Å². The topological polar surface area (TPSA) is 165 Å². The van der Waals surface area contributed by atoms with E-state index in [1.54, 1.807) is 18.2 Å². The average molecular weight is 410 g/mol. The molecule has 28 heavy (non-hydrogen) atoms. The van der Waals surface area contributed by atoms with Crippen LogP contribution in [-0.4, -0.2) is 33.1 Å². The molecular formula is C16H15N2O9P. The van der Waals surface area contributed by atoms with Crippen LogP contribution in [0.3, 0.4) is 0 Å². The van der Waals surface area contributed by atoms with Crippen LogP contribution in [0.1, 0.15) is 6.42 Å². The standard InChI is InChI=1S/C16H15N2O9P/c19-15(20)10-14(16(21)22)17-28(25,26-12-4-2-1-3-5-12)27-13-8-6-11(7-9-13)18(23)24/h1-9,14H,10H2,(H,17,25)(H,19,20)(H,21,22). The highest BCUT2D eigenvalue weighted by molar-refractivity contribution is 7.52. The Morgan fingerprint density at radius 2 is 1.57 bits per heavy atom. The molecular weight excluding hydrogens is 395 g/mol. The van der Waals surface area contributed by atoms with E-state index in [1.807, 2.05) is 0 Å². The molecule has 11 nitrogen and oxygen atoms in total. The summed E-state index contributed by atoms with van der Waals surface area (Å²) in [5, 5.41) is 30.8. The molecule has 148 valence electrons. The van der Waals surface area contributed by atoms with Crippen molar-refractivity contribution in [2.75, 3.05) is 0 Å². The van der Waals surface area contributed by atoms with E-state index in [0.717, 1.165) is 24.3 Å². The normalized spacial score (nSPS) is 13.7. The molecule has 0 radical (unpaired) electrons. The SMILES string of the molecule is O=C(O)CC(NP(=O)(Oc1ccccc1)Oc1ccc([N+](=O)[O-])cc1)C(=O)O. The van der Waals surface area contributed by atoms with Gasteiger partial charge in [-0.1, -0.05) is 18.2 Å². The summed E-state index contributed by atoms with van der Waals surface area (Å²) in [5.74, 6) is -3.07. The number of carbonyl (C=O) groups is 2. The number of hydrogen-bond donors (Lipinski definition) is 3. The van der Waals surface area contributed by atoms with E-state index < -0.39 is 37.1 Å². The van der Waals surface area contributed by atoms with Gasteiger partial charge in [-0.2, -0.15) is 5.09 Å². The highest BCUT2D eigenvalue weighted by atomic mass is 31.2. The molecule has 2 aromatic carbocycles. The van der Waals surface area contributed by atoms with E-state index in [-0.39, 0.29) is 17.2 Å². The van der Waals surface area contributed by atoms with Crippen molar-refractivity contribution in [1.82, 2.24) is 5.09 Å². The van der Waals surface area contributed by atoms with Gasteiger partial charge in [0.1, 0.15) is 17.5 Å². The van der Waals surface area contributed by atoms with E-state index in [2.05, 4.69) is 5.09 Å². The number of hydrogen-bond acceptors (Lipinski definition) is 7. The second kappa shape index (κ2) is 8.98. The first kappa shape index (κ1) is 20.9. The lowest BCUT2D eigenvalue weighted by Gasteiger charge is -2.23. The fourth-order valence-corrected chi connectivity index (χ4v) is 3.54. The van der Waals surface area contributed by atoms with Crippen molar-refractivity contribution >= 4 is 25.4 Å². The number of non-ortho nitro benzene ring substituents is 1. The van der Waals surface area contributed by atoms with Gasteiger partial charge in [-0.05, 0) is 24.3 Å². The number of nitro groups is 1. The summed E-state index contributed by atoms with van der Waals surface area (Å²) in [6.45, 7) is 0. The summed E-state index contributed by atoms with van der Waals surface area (Å²) >= 11 is 0. The van der Waals surface area contributed by atoms with Crippen LogP contribution in [0.5, 0.6) is 11.5 Å². The van der Waals surface area contributed by atoms with Crippen molar-refractivity contribution in [3.05, 3.63) is 64.7 Å². The number of aliphatic carboxylic acids is 2. The van der Waals surface area contributed by atoms with Gasteiger partial charge in [0.15, 0.2) is 0 Å². The molecule has 3 N–H and O–H groups in total. The van der Waals surface area contributed by atoms with Gasteiger partial charge in [-0.3, -0.25) is 19.7 Å². The minimum atomic E-state index is -4.43. The van der Waals surface area contributed by atoms with Crippen molar-refractivity contribution in [3.8, 4) is 11.5 Å². The Hall–Kier alpha value is -3.43. The second-order valence-corrected chi connectivity index (χ2v) is 6.98. The van der Waals surface area contributed by atoms with Crippen LogP contribution in [0.15, 0.2) is 54.6 Å². The number of carboxylic acid groups (broad SMARTS) is 2. The highest BCUT2D eigenvalue weighted by Crippen LogP contribution is 2.45. The lowest BCUT2D eigenvalue weighted by atomic mass is 10.2. The second-order valence-electron chi connectivity index (χ2n) is 5.36. The molecule has 2 unspecified atom stereocenters. The first-order valence-corrected chi connectivity index (χ1v) is 9.24. The molecule has 12 heteroatoms. The summed E-state index contributed by atoms with van der Waals surface area (Å²) in [6.07, 6.45) is -0.888. The molecule has 0 amide bonds. The van der Waals surface area contributed by atoms with Gasteiger partial charge in [0.25, 0.3) is 5.69 Å². The summed E-state index contributed by atoms with van der Waals surface area (Å²) in [6, 6.07) is 10.4. The zero-order valence-electron chi connectivity index (χ0n) is 14.1. The summed E-state index contributed by atoms with van der Waals surface area (Å²) in [5.41, 5.74) is -0.242. The summed E-state index contributed by atoms with van der Waals surface area (Å²) in [7, 11) is -4.43. The van der Waals surface area contributed by atoms with Crippen LogP contribution >= 0.6 is 7.75 Å². The molecule has 0 bridgehead atoms. The van der Waals surface area contributed by atoms with E-state index in [0.29, 0.717) is 0 Å². The molecule has 2 rings (SSSR count). The Balaban J connectivity index is 2.31. The maximum Gasteiger partial charge on any atom is 0.513 e. The number of nitrogens with zero attached hydrogens (tertiary/aromatic N) is 1. The predicted molar refractivity (Wildman–Crippen MR) is 95.2 cm³/mol. The Morgan fingerprint density at radius 3 is 2.04 bits per heavy atom. The molecule has 0 aliphatic carbocycles. The zero-order chi connectivity index (χ0) is 20.7. The molecule has 0 saturated carbocycles. The summed E-state index contributed by atoms with van der Waals surface area (Å²) < 4.78 is 23.6. The van der Waals surface area contributed by atoms with E-state index >= 15 is 0 Å². The number of para-hydroxylation sites is 1. The van der Waals surface area contributed by atoms with E-state index in [1.165, 1.54) is 12.1 Å². The fraction of sp³-hybridized carbons (Fsp3) is 0.125. The third-order valence-corrected chi connectivity index (χ3v) is 4.76. The predicted octanol–water partition coefficient (Wildman–Crippen LogP) is 2.68. The number of nitrogens with one attached hydrogen (secondary N) is 1. The zero-order valence-corrected chi connectivity index (χ0v) is 15.0. The van der Waals surface area contributed by atoms with Gasteiger partial charge in [0, 0.05) is 12.1 Å². The van der Waals surface area contributed by atoms with Crippen molar-refractivity contribution in [2.45, 2.75) is 12.5 Å². The summed E-state index contributed by atoms with van der Waals surface area (Å²) in [4.78, 5) is 32.3. The van der Waals surface area contributed by atoms with Gasteiger partial charge in [-0.25, -0.2) is 4.57 Å². The van der Waals surface area contributed by atoms with Crippen molar-refractivity contribution in [3.63, 3.8) is 0 Å². The molecule has 0 aliphatic heterocycles.